The Bertz CT molecular complexity index is 541. The molecule has 17 heavy (non-hydrogen) atoms. The predicted molar refractivity (Wildman–Crippen MR) is 67.2 cm³/mol. The van der Waals surface area contributed by atoms with Gasteiger partial charge in [0.05, 0.1) is 10.2 Å². The summed E-state index contributed by atoms with van der Waals surface area (Å²) in [6, 6.07) is 4.54. The molecule has 0 aliphatic heterocycles. The summed E-state index contributed by atoms with van der Waals surface area (Å²) in [5, 5.41) is 8.49. The number of halogens is 1. The molecule has 0 spiro atoms. The van der Waals surface area contributed by atoms with Gasteiger partial charge in [-0.2, -0.15) is 0 Å². The standard InChI is InChI=1S/C11H10FNO2S2/c12-7-3-4-9-8(6-7)13-11(17-9)16-5-1-2-10(14)15/h3-4,6H,1-2,5H2,(H,14,15). The van der Waals surface area contributed by atoms with E-state index < -0.39 is 5.97 Å². The third-order valence-corrected chi connectivity index (χ3v) is 4.36. The number of carboxylic acid groups (broad SMARTS) is 1. The van der Waals surface area contributed by atoms with Crippen molar-refractivity contribution in [2.45, 2.75) is 17.2 Å². The van der Waals surface area contributed by atoms with E-state index in [0.29, 0.717) is 17.7 Å². The molecule has 6 heteroatoms. The van der Waals surface area contributed by atoms with Gasteiger partial charge in [-0.05, 0) is 18.6 Å². The summed E-state index contributed by atoms with van der Waals surface area (Å²) in [6.45, 7) is 0. The minimum Gasteiger partial charge on any atom is -0.481 e. The van der Waals surface area contributed by atoms with Crippen LogP contribution in [0.2, 0.25) is 0 Å². The van der Waals surface area contributed by atoms with E-state index in [1.165, 1.54) is 35.2 Å². The number of benzene rings is 1. The summed E-state index contributed by atoms with van der Waals surface area (Å²) in [6.07, 6.45) is 0.789. The number of nitrogens with zero attached hydrogens (tertiary/aromatic N) is 1. The molecule has 1 aromatic heterocycles. The highest BCUT2D eigenvalue weighted by Gasteiger charge is 2.05. The molecule has 0 saturated heterocycles. The number of aromatic nitrogens is 1. The van der Waals surface area contributed by atoms with Crippen molar-refractivity contribution in [2.75, 3.05) is 5.75 Å². The molecule has 3 nitrogen and oxygen atoms in total. The number of fused-ring (bicyclic) bond motifs is 1. The number of hydrogen-bond acceptors (Lipinski definition) is 4. The van der Waals surface area contributed by atoms with Gasteiger partial charge in [0.25, 0.3) is 0 Å². The predicted octanol–water partition coefficient (Wildman–Crippen LogP) is 3.39. The first-order valence-corrected chi connectivity index (χ1v) is 6.86. The lowest BCUT2D eigenvalue weighted by molar-refractivity contribution is -0.137. The van der Waals surface area contributed by atoms with Crippen molar-refractivity contribution in [1.82, 2.24) is 4.98 Å². The van der Waals surface area contributed by atoms with Gasteiger partial charge in [0.1, 0.15) is 5.82 Å². The van der Waals surface area contributed by atoms with Crippen LogP contribution in [-0.2, 0) is 4.79 Å². The lowest BCUT2D eigenvalue weighted by atomic mass is 10.3. The third-order valence-electron chi connectivity index (χ3n) is 2.09. The number of carbonyl (C=O) groups is 1. The maximum atomic E-state index is 12.9. The van der Waals surface area contributed by atoms with Crippen molar-refractivity contribution in [1.29, 1.82) is 0 Å². The molecule has 2 aromatic rings. The fourth-order valence-electron chi connectivity index (χ4n) is 1.32. The SMILES string of the molecule is O=C(O)CCCSc1nc2cc(F)ccc2s1. The molecule has 90 valence electrons. The maximum Gasteiger partial charge on any atom is 0.303 e. The molecule has 0 bridgehead atoms. The average Bonchev–Trinajstić information content (AvgIpc) is 2.66. The molecule has 2 rings (SSSR count). The van der Waals surface area contributed by atoms with Crippen LogP contribution in [0.5, 0.6) is 0 Å². The zero-order valence-electron chi connectivity index (χ0n) is 8.85. The van der Waals surface area contributed by atoms with Gasteiger partial charge in [0.2, 0.25) is 0 Å². The zero-order chi connectivity index (χ0) is 12.3. The molecule has 0 atom stereocenters. The van der Waals surface area contributed by atoms with Crippen molar-refractivity contribution in [2.24, 2.45) is 0 Å². The highest BCUT2D eigenvalue weighted by Crippen LogP contribution is 2.30. The summed E-state index contributed by atoms with van der Waals surface area (Å²) in [5.74, 6) is -0.351. The van der Waals surface area contributed by atoms with E-state index in [1.807, 2.05) is 0 Å². The number of hydrogen-bond donors (Lipinski definition) is 1. The number of thioether (sulfide) groups is 1. The zero-order valence-corrected chi connectivity index (χ0v) is 10.5. The van der Waals surface area contributed by atoms with Crippen LogP contribution in [-0.4, -0.2) is 21.8 Å². The van der Waals surface area contributed by atoms with E-state index >= 15 is 0 Å². The minimum absolute atomic E-state index is 0.173. The second-order valence-electron chi connectivity index (χ2n) is 3.44. The first-order chi connectivity index (χ1) is 8.15. The number of thiazole rings is 1. The van der Waals surface area contributed by atoms with Crippen LogP contribution in [0, 0.1) is 5.82 Å². The van der Waals surface area contributed by atoms with Crippen LogP contribution >= 0.6 is 23.1 Å². The first kappa shape index (κ1) is 12.3. The maximum absolute atomic E-state index is 12.9. The molecule has 0 amide bonds. The second-order valence-corrected chi connectivity index (χ2v) is 5.81. The van der Waals surface area contributed by atoms with Gasteiger partial charge < -0.3 is 5.11 Å². The molecule has 1 aromatic carbocycles. The van der Waals surface area contributed by atoms with E-state index in [2.05, 4.69) is 4.98 Å². The van der Waals surface area contributed by atoms with Gasteiger partial charge in [0.15, 0.2) is 4.34 Å². The van der Waals surface area contributed by atoms with Crippen LogP contribution in [0.1, 0.15) is 12.8 Å². The quantitative estimate of drug-likeness (QED) is 0.669. The molecule has 0 saturated carbocycles. The Kier molecular flexibility index (Phi) is 3.96. The Morgan fingerprint density at radius 3 is 3.12 bits per heavy atom. The third kappa shape index (κ3) is 3.41. The van der Waals surface area contributed by atoms with Gasteiger partial charge in [-0.25, -0.2) is 9.37 Å². The monoisotopic (exact) mass is 271 g/mol. The smallest absolute Gasteiger partial charge is 0.303 e. The molecule has 1 heterocycles. The normalized spacial score (nSPS) is 10.9. The van der Waals surface area contributed by atoms with E-state index in [0.717, 1.165) is 9.04 Å². The Balaban J connectivity index is 1.97. The minimum atomic E-state index is -0.781. The molecular weight excluding hydrogens is 261 g/mol. The molecular formula is C11H10FNO2S2. The van der Waals surface area contributed by atoms with E-state index in [1.54, 1.807) is 6.07 Å². The summed E-state index contributed by atoms with van der Waals surface area (Å²) in [5.41, 5.74) is 0.663. The molecule has 0 fully saturated rings. The lowest BCUT2D eigenvalue weighted by Gasteiger charge is -1.94. The van der Waals surface area contributed by atoms with Gasteiger partial charge >= 0.3 is 5.97 Å². The van der Waals surface area contributed by atoms with Gasteiger partial charge in [0, 0.05) is 18.2 Å². The molecule has 1 N–H and O–H groups in total. The topological polar surface area (TPSA) is 50.2 Å². The van der Waals surface area contributed by atoms with E-state index in [-0.39, 0.29) is 12.2 Å². The fraction of sp³-hybridized carbons (Fsp3) is 0.273. The Morgan fingerprint density at radius 2 is 2.35 bits per heavy atom. The number of aliphatic carboxylic acids is 1. The second kappa shape index (κ2) is 5.46. The summed E-state index contributed by atoms with van der Waals surface area (Å²) in [4.78, 5) is 14.6. The Hall–Kier alpha value is -1.14. The van der Waals surface area contributed by atoms with Crippen LogP contribution in [0.25, 0.3) is 10.2 Å². The highest BCUT2D eigenvalue weighted by molar-refractivity contribution is 8.01. The van der Waals surface area contributed by atoms with Crippen molar-refractivity contribution in [3.63, 3.8) is 0 Å². The highest BCUT2D eigenvalue weighted by atomic mass is 32.2. The fourth-order valence-corrected chi connectivity index (χ4v) is 3.38. The molecule has 0 radical (unpaired) electrons. The average molecular weight is 271 g/mol. The van der Waals surface area contributed by atoms with Crippen molar-refractivity contribution in [3.8, 4) is 0 Å². The Labute approximate surface area is 106 Å². The van der Waals surface area contributed by atoms with Crippen molar-refractivity contribution in [3.05, 3.63) is 24.0 Å². The number of rotatable bonds is 5. The van der Waals surface area contributed by atoms with Crippen molar-refractivity contribution >= 4 is 39.3 Å². The number of carboxylic acids is 1. The summed E-state index contributed by atoms with van der Waals surface area (Å²) in [7, 11) is 0. The van der Waals surface area contributed by atoms with E-state index in [9.17, 15) is 9.18 Å². The summed E-state index contributed by atoms with van der Waals surface area (Å²) < 4.78 is 14.7. The first-order valence-electron chi connectivity index (χ1n) is 5.06. The van der Waals surface area contributed by atoms with E-state index in [4.69, 9.17) is 5.11 Å². The van der Waals surface area contributed by atoms with Crippen molar-refractivity contribution < 1.29 is 14.3 Å². The van der Waals surface area contributed by atoms with Crippen LogP contribution in [0.3, 0.4) is 0 Å². The van der Waals surface area contributed by atoms with Gasteiger partial charge in [-0.3, -0.25) is 4.79 Å². The Morgan fingerprint density at radius 1 is 1.53 bits per heavy atom. The van der Waals surface area contributed by atoms with Crippen LogP contribution in [0.15, 0.2) is 22.5 Å². The van der Waals surface area contributed by atoms with Crippen LogP contribution < -0.4 is 0 Å². The summed E-state index contributed by atoms with van der Waals surface area (Å²) >= 11 is 3.02. The molecule has 0 unspecified atom stereocenters. The molecule has 0 aliphatic rings. The largest absolute Gasteiger partial charge is 0.481 e. The van der Waals surface area contributed by atoms with Gasteiger partial charge in [-0.1, -0.05) is 11.8 Å². The van der Waals surface area contributed by atoms with Gasteiger partial charge in [-0.15, -0.1) is 11.3 Å². The molecule has 0 aliphatic carbocycles. The van der Waals surface area contributed by atoms with Crippen LogP contribution in [0.4, 0.5) is 4.39 Å². The lowest BCUT2D eigenvalue weighted by Crippen LogP contribution is -1.94.